The van der Waals surface area contributed by atoms with E-state index < -0.39 is 0 Å². The third-order valence-electron chi connectivity index (χ3n) is 5.11. The molecule has 1 aliphatic carbocycles. The van der Waals surface area contributed by atoms with Crippen molar-refractivity contribution >= 4 is 5.91 Å². The van der Waals surface area contributed by atoms with Crippen LogP contribution in [0.1, 0.15) is 41.2 Å². The number of nitrogens with zero attached hydrogens (tertiary/aromatic N) is 4. The Morgan fingerprint density at radius 2 is 2.15 bits per heavy atom. The summed E-state index contributed by atoms with van der Waals surface area (Å²) in [6, 6.07) is 7.90. The van der Waals surface area contributed by atoms with E-state index in [1.54, 1.807) is 4.90 Å². The van der Waals surface area contributed by atoms with Gasteiger partial charge in [-0.05, 0) is 37.3 Å². The molecule has 0 fully saturated rings. The van der Waals surface area contributed by atoms with Crippen LogP contribution in [0.3, 0.4) is 0 Å². The summed E-state index contributed by atoms with van der Waals surface area (Å²) in [6.45, 7) is 2.54. The maximum atomic E-state index is 12.5. The Morgan fingerprint density at radius 1 is 1.30 bits per heavy atom. The molecule has 1 aromatic carbocycles. The molecule has 2 aromatic heterocycles. The van der Waals surface area contributed by atoms with Crippen LogP contribution in [0.4, 0.5) is 0 Å². The molecular weight excluding hydrogens is 342 g/mol. The minimum atomic E-state index is 0.0420. The van der Waals surface area contributed by atoms with Crippen molar-refractivity contribution in [1.29, 1.82) is 0 Å². The van der Waals surface area contributed by atoms with Crippen LogP contribution in [0.2, 0.25) is 0 Å². The van der Waals surface area contributed by atoms with Gasteiger partial charge in [0.05, 0.1) is 12.2 Å². The number of fused-ring (bicyclic) bond motifs is 1. The Kier molecular flexibility index (Phi) is 4.75. The smallest absolute Gasteiger partial charge is 0.227 e. The fourth-order valence-electron chi connectivity index (χ4n) is 3.53. The molecule has 0 unspecified atom stereocenters. The van der Waals surface area contributed by atoms with E-state index in [2.05, 4.69) is 20.3 Å². The van der Waals surface area contributed by atoms with Gasteiger partial charge >= 0.3 is 0 Å². The molecule has 2 heterocycles. The second-order valence-electron chi connectivity index (χ2n) is 7.06. The van der Waals surface area contributed by atoms with E-state index in [4.69, 9.17) is 4.52 Å². The molecule has 3 aromatic rings. The SMILES string of the molecule is Cc1ccccc1-c1noc(CCC(=O)N(C)Cc2n[nH]c3c2CCC3)n1. The van der Waals surface area contributed by atoms with Crippen LogP contribution in [0.15, 0.2) is 28.8 Å². The molecule has 7 nitrogen and oxygen atoms in total. The number of rotatable bonds is 6. The fraction of sp³-hybridized carbons (Fsp3) is 0.400. The van der Waals surface area contributed by atoms with Gasteiger partial charge in [-0.1, -0.05) is 29.4 Å². The molecule has 0 saturated carbocycles. The maximum Gasteiger partial charge on any atom is 0.227 e. The van der Waals surface area contributed by atoms with E-state index in [0.29, 0.717) is 31.1 Å². The van der Waals surface area contributed by atoms with Crippen LogP contribution in [0.25, 0.3) is 11.4 Å². The number of hydrogen-bond acceptors (Lipinski definition) is 5. The van der Waals surface area contributed by atoms with Crippen LogP contribution >= 0.6 is 0 Å². The minimum absolute atomic E-state index is 0.0420. The Bertz CT molecular complexity index is 959. The summed E-state index contributed by atoms with van der Waals surface area (Å²) in [5.41, 5.74) is 5.53. The first kappa shape index (κ1) is 17.5. The van der Waals surface area contributed by atoms with Crippen LogP contribution in [-0.2, 0) is 30.6 Å². The minimum Gasteiger partial charge on any atom is -0.340 e. The summed E-state index contributed by atoms with van der Waals surface area (Å²) >= 11 is 0. The monoisotopic (exact) mass is 365 g/mol. The molecule has 140 valence electrons. The van der Waals surface area contributed by atoms with Crippen molar-refractivity contribution in [1.82, 2.24) is 25.2 Å². The largest absolute Gasteiger partial charge is 0.340 e. The van der Waals surface area contributed by atoms with Gasteiger partial charge in [0.2, 0.25) is 17.6 Å². The summed E-state index contributed by atoms with van der Waals surface area (Å²) in [7, 11) is 1.81. The lowest BCUT2D eigenvalue weighted by atomic mass is 10.1. The average molecular weight is 365 g/mol. The van der Waals surface area contributed by atoms with Crippen molar-refractivity contribution < 1.29 is 9.32 Å². The van der Waals surface area contributed by atoms with E-state index in [0.717, 1.165) is 36.1 Å². The molecule has 1 N–H and O–H groups in total. The van der Waals surface area contributed by atoms with E-state index in [1.165, 1.54) is 11.3 Å². The maximum absolute atomic E-state index is 12.5. The molecule has 27 heavy (non-hydrogen) atoms. The number of aryl methyl sites for hydroxylation is 3. The van der Waals surface area contributed by atoms with E-state index >= 15 is 0 Å². The van der Waals surface area contributed by atoms with Gasteiger partial charge in [-0.2, -0.15) is 10.1 Å². The molecule has 0 bridgehead atoms. The lowest BCUT2D eigenvalue weighted by Crippen LogP contribution is -2.27. The number of carbonyl (C=O) groups excluding carboxylic acids is 1. The Morgan fingerprint density at radius 3 is 3.00 bits per heavy atom. The van der Waals surface area contributed by atoms with Crippen LogP contribution in [0, 0.1) is 6.92 Å². The number of H-pyrrole nitrogens is 1. The molecule has 4 rings (SSSR count). The number of benzene rings is 1. The third-order valence-corrected chi connectivity index (χ3v) is 5.11. The predicted octanol–water partition coefficient (Wildman–Crippen LogP) is 2.85. The normalized spacial score (nSPS) is 13.0. The highest BCUT2D eigenvalue weighted by atomic mass is 16.5. The summed E-state index contributed by atoms with van der Waals surface area (Å²) in [6.07, 6.45) is 4.03. The van der Waals surface area contributed by atoms with Crippen LogP contribution < -0.4 is 0 Å². The van der Waals surface area contributed by atoms with Gasteiger partial charge in [-0.15, -0.1) is 0 Å². The second kappa shape index (κ2) is 7.34. The first-order valence-electron chi connectivity index (χ1n) is 9.29. The molecule has 0 aliphatic heterocycles. The van der Waals surface area contributed by atoms with Crippen LogP contribution in [0.5, 0.6) is 0 Å². The number of amides is 1. The van der Waals surface area contributed by atoms with Crippen molar-refractivity contribution in [3.05, 3.63) is 52.7 Å². The van der Waals surface area contributed by atoms with Crippen molar-refractivity contribution in [2.75, 3.05) is 7.05 Å². The second-order valence-corrected chi connectivity index (χ2v) is 7.06. The van der Waals surface area contributed by atoms with Gasteiger partial charge in [0, 0.05) is 31.1 Å². The molecule has 1 amide bonds. The van der Waals surface area contributed by atoms with Crippen molar-refractivity contribution in [2.24, 2.45) is 0 Å². The molecule has 1 aliphatic rings. The zero-order valence-electron chi connectivity index (χ0n) is 15.7. The van der Waals surface area contributed by atoms with Gasteiger partial charge in [-0.3, -0.25) is 9.89 Å². The Labute approximate surface area is 157 Å². The lowest BCUT2D eigenvalue weighted by Gasteiger charge is -2.16. The lowest BCUT2D eigenvalue weighted by molar-refractivity contribution is -0.130. The first-order chi connectivity index (χ1) is 13.1. The number of aromatic nitrogens is 4. The molecule has 0 saturated heterocycles. The fourth-order valence-corrected chi connectivity index (χ4v) is 3.53. The van der Waals surface area contributed by atoms with Crippen molar-refractivity contribution in [2.45, 2.75) is 45.6 Å². The van der Waals surface area contributed by atoms with Crippen molar-refractivity contribution in [3.8, 4) is 11.4 Å². The highest BCUT2D eigenvalue weighted by Crippen LogP contribution is 2.24. The molecular formula is C20H23N5O2. The quantitative estimate of drug-likeness (QED) is 0.726. The topological polar surface area (TPSA) is 87.9 Å². The van der Waals surface area contributed by atoms with Gasteiger partial charge in [0.1, 0.15) is 0 Å². The van der Waals surface area contributed by atoms with Gasteiger partial charge in [-0.25, -0.2) is 0 Å². The highest BCUT2D eigenvalue weighted by molar-refractivity contribution is 5.76. The van der Waals surface area contributed by atoms with E-state index in [-0.39, 0.29) is 5.91 Å². The Balaban J connectivity index is 1.34. The summed E-state index contributed by atoms with van der Waals surface area (Å²) in [4.78, 5) is 18.6. The molecule has 0 atom stereocenters. The number of hydrogen-bond donors (Lipinski definition) is 1. The molecule has 0 spiro atoms. The number of aromatic amines is 1. The zero-order valence-corrected chi connectivity index (χ0v) is 15.7. The van der Waals surface area contributed by atoms with Crippen molar-refractivity contribution in [3.63, 3.8) is 0 Å². The Hall–Kier alpha value is -2.96. The summed E-state index contributed by atoms with van der Waals surface area (Å²) < 4.78 is 5.32. The van der Waals surface area contributed by atoms with Crippen LogP contribution in [-0.4, -0.2) is 38.2 Å². The third kappa shape index (κ3) is 3.63. The average Bonchev–Trinajstić information content (AvgIpc) is 3.38. The standard InChI is InChI=1S/C20H23N5O2/c1-13-6-3-4-7-14(13)20-21-18(27-24-20)10-11-19(26)25(2)12-17-15-8-5-9-16(15)22-23-17/h3-4,6-7H,5,8-12H2,1-2H3,(H,22,23). The van der Waals surface area contributed by atoms with E-state index in [9.17, 15) is 4.79 Å². The number of carbonyl (C=O) groups is 1. The van der Waals surface area contributed by atoms with E-state index in [1.807, 2.05) is 38.2 Å². The van der Waals surface area contributed by atoms with Gasteiger partial charge in [0.25, 0.3) is 0 Å². The first-order valence-corrected chi connectivity index (χ1v) is 9.29. The summed E-state index contributed by atoms with van der Waals surface area (Å²) in [5, 5.41) is 11.5. The number of nitrogens with one attached hydrogen (secondary N) is 1. The summed E-state index contributed by atoms with van der Waals surface area (Å²) in [5.74, 6) is 1.09. The molecule has 0 radical (unpaired) electrons. The van der Waals surface area contributed by atoms with Gasteiger partial charge < -0.3 is 9.42 Å². The molecule has 7 heteroatoms. The highest BCUT2D eigenvalue weighted by Gasteiger charge is 2.21. The zero-order chi connectivity index (χ0) is 18.8. The predicted molar refractivity (Wildman–Crippen MR) is 99.9 cm³/mol. The van der Waals surface area contributed by atoms with Gasteiger partial charge in [0.15, 0.2) is 0 Å².